The number of aryl methyl sites for hydroxylation is 1. The van der Waals surface area contributed by atoms with Crippen LogP contribution >= 0.6 is 0 Å². The van der Waals surface area contributed by atoms with E-state index in [-0.39, 0.29) is 5.91 Å². The second kappa shape index (κ2) is 6.89. The third-order valence-corrected chi connectivity index (χ3v) is 4.29. The van der Waals surface area contributed by atoms with Gasteiger partial charge in [0.1, 0.15) is 5.82 Å². The molecule has 1 amide bonds. The minimum Gasteiger partial charge on any atom is -0.384 e. The van der Waals surface area contributed by atoms with Crippen molar-refractivity contribution in [1.82, 2.24) is 14.8 Å². The van der Waals surface area contributed by atoms with Crippen molar-refractivity contribution in [3.8, 4) is 0 Å². The molecule has 0 radical (unpaired) electrons. The average Bonchev–Trinajstić information content (AvgIpc) is 2.96. The molecule has 116 valence electrons. The lowest BCUT2D eigenvalue weighted by molar-refractivity contribution is 0.0778. The maximum atomic E-state index is 12.6. The Kier molecular flexibility index (Phi) is 5.17. The zero-order chi connectivity index (χ0) is 15.4. The zero-order valence-electron chi connectivity index (χ0n) is 13.3. The van der Waals surface area contributed by atoms with Gasteiger partial charge in [-0.15, -0.1) is 0 Å². The number of nitrogen functional groups attached to an aromatic ring is 1. The van der Waals surface area contributed by atoms with Crippen molar-refractivity contribution in [3.05, 3.63) is 23.4 Å². The lowest BCUT2D eigenvalue weighted by Crippen LogP contribution is -2.38. The van der Waals surface area contributed by atoms with Gasteiger partial charge in [0.25, 0.3) is 5.91 Å². The monoisotopic (exact) mass is 290 g/mol. The van der Waals surface area contributed by atoms with Gasteiger partial charge in [-0.05, 0) is 38.1 Å². The number of amides is 1. The van der Waals surface area contributed by atoms with Crippen molar-refractivity contribution in [2.24, 2.45) is 0 Å². The van der Waals surface area contributed by atoms with Gasteiger partial charge in [-0.3, -0.25) is 9.69 Å². The van der Waals surface area contributed by atoms with Crippen molar-refractivity contribution < 1.29 is 4.79 Å². The predicted octanol–water partition coefficient (Wildman–Crippen LogP) is 1.78. The van der Waals surface area contributed by atoms with Crippen LogP contribution < -0.4 is 5.73 Å². The van der Waals surface area contributed by atoms with Gasteiger partial charge in [-0.25, -0.2) is 4.98 Å². The topological polar surface area (TPSA) is 62.5 Å². The summed E-state index contributed by atoms with van der Waals surface area (Å²) in [6.45, 7) is 10.1. The van der Waals surface area contributed by atoms with E-state index in [0.29, 0.717) is 17.4 Å². The second-order valence-electron chi connectivity index (χ2n) is 5.54. The molecule has 1 saturated heterocycles. The number of pyridine rings is 1. The van der Waals surface area contributed by atoms with Crippen molar-refractivity contribution in [1.29, 1.82) is 0 Å². The van der Waals surface area contributed by atoms with Crippen LogP contribution in [-0.4, -0.2) is 52.9 Å². The maximum absolute atomic E-state index is 12.6. The Labute approximate surface area is 127 Å². The van der Waals surface area contributed by atoms with Crippen molar-refractivity contribution in [2.45, 2.75) is 39.7 Å². The summed E-state index contributed by atoms with van der Waals surface area (Å²) in [7, 11) is 0. The van der Waals surface area contributed by atoms with Gasteiger partial charge in [0.05, 0.1) is 0 Å². The van der Waals surface area contributed by atoms with Gasteiger partial charge < -0.3 is 10.6 Å². The molecule has 0 bridgehead atoms. The van der Waals surface area contributed by atoms with Crippen LogP contribution in [-0.2, 0) is 6.42 Å². The number of carbonyl (C=O) groups is 1. The molecule has 0 aliphatic carbocycles. The first kappa shape index (κ1) is 15.8. The summed E-state index contributed by atoms with van der Waals surface area (Å²) in [4.78, 5) is 21.2. The highest BCUT2D eigenvalue weighted by molar-refractivity contribution is 5.95. The number of anilines is 1. The number of nitrogens with zero attached hydrogens (tertiary/aromatic N) is 3. The van der Waals surface area contributed by atoms with E-state index in [9.17, 15) is 4.79 Å². The first-order valence-corrected chi connectivity index (χ1v) is 7.88. The Balaban J connectivity index is 2.09. The van der Waals surface area contributed by atoms with Crippen LogP contribution in [0.4, 0.5) is 5.82 Å². The van der Waals surface area contributed by atoms with Gasteiger partial charge in [-0.2, -0.15) is 0 Å². The molecule has 5 heteroatoms. The summed E-state index contributed by atoms with van der Waals surface area (Å²) < 4.78 is 0. The fourth-order valence-electron chi connectivity index (χ4n) is 3.06. The Bertz CT molecular complexity index is 499. The van der Waals surface area contributed by atoms with Crippen LogP contribution in [0.2, 0.25) is 0 Å². The van der Waals surface area contributed by atoms with E-state index in [0.717, 1.165) is 44.7 Å². The van der Waals surface area contributed by atoms with E-state index in [1.54, 1.807) is 6.07 Å². The third kappa shape index (κ3) is 3.53. The van der Waals surface area contributed by atoms with E-state index < -0.39 is 0 Å². The molecule has 0 spiro atoms. The molecule has 1 atom stereocenters. The van der Waals surface area contributed by atoms with Gasteiger partial charge in [-0.1, -0.05) is 20.8 Å². The smallest absolute Gasteiger partial charge is 0.254 e. The molecule has 1 aromatic rings. The number of rotatable bonds is 5. The largest absolute Gasteiger partial charge is 0.384 e. The molecular formula is C16H26N4O. The first-order chi connectivity index (χ1) is 10.1. The molecule has 1 aliphatic heterocycles. The van der Waals surface area contributed by atoms with Crippen molar-refractivity contribution >= 4 is 11.7 Å². The Morgan fingerprint density at radius 1 is 1.38 bits per heavy atom. The van der Waals surface area contributed by atoms with Crippen LogP contribution in [0, 0.1) is 0 Å². The number of hydrogen-bond acceptors (Lipinski definition) is 4. The minimum atomic E-state index is 0.0773. The number of aromatic nitrogens is 1. The third-order valence-electron chi connectivity index (χ3n) is 4.29. The summed E-state index contributed by atoms with van der Waals surface area (Å²) in [5, 5.41) is 0. The number of carbonyl (C=O) groups excluding carboxylic acids is 1. The van der Waals surface area contributed by atoms with E-state index in [4.69, 9.17) is 5.73 Å². The highest BCUT2D eigenvalue weighted by Gasteiger charge is 2.29. The summed E-state index contributed by atoms with van der Waals surface area (Å²) in [5.74, 6) is 0.505. The molecule has 1 aromatic heterocycles. The van der Waals surface area contributed by atoms with E-state index in [2.05, 4.69) is 23.7 Å². The molecule has 2 heterocycles. The van der Waals surface area contributed by atoms with E-state index >= 15 is 0 Å². The summed E-state index contributed by atoms with van der Waals surface area (Å²) in [6.07, 6.45) is 1.84. The van der Waals surface area contributed by atoms with Crippen molar-refractivity contribution in [3.63, 3.8) is 0 Å². The van der Waals surface area contributed by atoms with Gasteiger partial charge in [0, 0.05) is 30.4 Å². The maximum Gasteiger partial charge on any atom is 0.254 e. The van der Waals surface area contributed by atoms with Gasteiger partial charge >= 0.3 is 0 Å². The molecule has 21 heavy (non-hydrogen) atoms. The molecule has 0 aromatic carbocycles. The Morgan fingerprint density at radius 3 is 2.71 bits per heavy atom. The molecule has 1 aliphatic rings. The molecule has 5 nitrogen and oxygen atoms in total. The lowest BCUT2D eigenvalue weighted by Gasteiger charge is -2.26. The Morgan fingerprint density at radius 2 is 2.10 bits per heavy atom. The van der Waals surface area contributed by atoms with Crippen LogP contribution in [0.25, 0.3) is 0 Å². The summed E-state index contributed by atoms with van der Waals surface area (Å²) >= 11 is 0. The number of nitrogens with two attached hydrogens (primary N) is 1. The molecule has 1 fully saturated rings. The second-order valence-corrected chi connectivity index (χ2v) is 5.54. The SMILES string of the molecule is CCc1cc(C(=O)N2CCC(N(CC)CC)C2)cc(N)n1. The quantitative estimate of drug-likeness (QED) is 0.898. The zero-order valence-corrected chi connectivity index (χ0v) is 13.3. The molecule has 0 saturated carbocycles. The van der Waals surface area contributed by atoms with Crippen molar-refractivity contribution in [2.75, 3.05) is 31.9 Å². The average molecular weight is 290 g/mol. The predicted molar refractivity (Wildman–Crippen MR) is 85.3 cm³/mol. The number of likely N-dealkylation sites (tertiary alicyclic amines) is 1. The highest BCUT2D eigenvalue weighted by Crippen LogP contribution is 2.19. The fraction of sp³-hybridized carbons (Fsp3) is 0.625. The molecule has 1 unspecified atom stereocenters. The highest BCUT2D eigenvalue weighted by atomic mass is 16.2. The Hall–Kier alpha value is -1.62. The minimum absolute atomic E-state index is 0.0773. The number of hydrogen-bond donors (Lipinski definition) is 1. The van der Waals surface area contributed by atoms with Crippen LogP contribution in [0.1, 0.15) is 43.2 Å². The van der Waals surface area contributed by atoms with Crippen LogP contribution in [0.3, 0.4) is 0 Å². The molecule has 2 rings (SSSR count). The van der Waals surface area contributed by atoms with Crippen LogP contribution in [0.5, 0.6) is 0 Å². The van der Waals surface area contributed by atoms with E-state index in [1.165, 1.54) is 0 Å². The molecule has 2 N–H and O–H groups in total. The number of likely N-dealkylation sites (N-methyl/N-ethyl adjacent to an activating group) is 1. The normalized spacial score (nSPS) is 18.5. The van der Waals surface area contributed by atoms with Gasteiger partial charge in [0.2, 0.25) is 0 Å². The summed E-state index contributed by atoms with van der Waals surface area (Å²) in [5.41, 5.74) is 7.34. The van der Waals surface area contributed by atoms with E-state index in [1.807, 2.05) is 17.9 Å². The van der Waals surface area contributed by atoms with Gasteiger partial charge in [0.15, 0.2) is 0 Å². The standard InChI is InChI=1S/C16H26N4O/c1-4-13-9-12(10-15(17)18-13)16(21)20-8-7-14(11-20)19(5-2)6-3/h9-10,14H,4-8,11H2,1-3H3,(H2,17,18). The summed E-state index contributed by atoms with van der Waals surface area (Å²) in [6, 6.07) is 4.03. The van der Waals surface area contributed by atoms with Crippen LogP contribution in [0.15, 0.2) is 12.1 Å². The fourth-order valence-corrected chi connectivity index (χ4v) is 3.06. The first-order valence-electron chi connectivity index (χ1n) is 7.88. The molecular weight excluding hydrogens is 264 g/mol. The lowest BCUT2D eigenvalue weighted by atomic mass is 10.1.